The molecule has 1 N–H and O–H groups in total. The lowest BCUT2D eigenvalue weighted by Gasteiger charge is -2.07. The van der Waals surface area contributed by atoms with Gasteiger partial charge < -0.3 is 9.84 Å². The zero-order chi connectivity index (χ0) is 13.7. The molecule has 0 aliphatic heterocycles. The lowest BCUT2D eigenvalue weighted by molar-refractivity contribution is 0.0696. The number of carboxylic acids is 1. The fourth-order valence-electron chi connectivity index (χ4n) is 1.60. The van der Waals surface area contributed by atoms with Gasteiger partial charge in [0.2, 0.25) is 0 Å². The van der Waals surface area contributed by atoms with E-state index in [1.165, 1.54) is 6.07 Å². The highest BCUT2D eigenvalue weighted by molar-refractivity contribution is 5.87. The number of carbonyl (C=O) groups excluding carboxylic acids is 1. The Labute approximate surface area is 110 Å². The zero-order valence-corrected chi connectivity index (χ0v) is 10.1. The molecule has 0 radical (unpaired) electrons. The average molecular weight is 256 g/mol. The highest BCUT2D eigenvalue weighted by Gasteiger charge is 2.03. The molecule has 0 amide bonds. The summed E-state index contributed by atoms with van der Waals surface area (Å²) < 4.78 is 5.52. The van der Waals surface area contributed by atoms with E-state index >= 15 is 0 Å². The molecule has 4 heteroatoms. The van der Waals surface area contributed by atoms with E-state index in [2.05, 4.69) is 0 Å². The third-order valence-electron chi connectivity index (χ3n) is 2.60. The predicted molar refractivity (Wildman–Crippen MR) is 69.6 cm³/mol. The Morgan fingerprint density at radius 2 is 1.89 bits per heavy atom. The zero-order valence-electron chi connectivity index (χ0n) is 10.1. The van der Waals surface area contributed by atoms with Crippen LogP contribution in [0.1, 0.15) is 26.3 Å². The van der Waals surface area contributed by atoms with Crippen LogP contribution < -0.4 is 4.74 Å². The number of benzene rings is 2. The first kappa shape index (κ1) is 12.8. The lowest BCUT2D eigenvalue weighted by Crippen LogP contribution is -2.00. The van der Waals surface area contributed by atoms with Gasteiger partial charge in [0.1, 0.15) is 18.6 Å². The quantitative estimate of drug-likeness (QED) is 0.835. The Morgan fingerprint density at radius 3 is 2.53 bits per heavy atom. The smallest absolute Gasteiger partial charge is 0.335 e. The molecule has 0 aliphatic rings. The Balaban J connectivity index is 2.03. The van der Waals surface area contributed by atoms with Crippen LogP contribution in [-0.2, 0) is 6.61 Å². The second-order valence-corrected chi connectivity index (χ2v) is 3.98. The molecule has 2 rings (SSSR count). The predicted octanol–water partition coefficient (Wildman–Crippen LogP) is 2.78. The van der Waals surface area contributed by atoms with Crippen molar-refractivity contribution in [3.63, 3.8) is 0 Å². The lowest BCUT2D eigenvalue weighted by atomic mass is 10.1. The van der Waals surface area contributed by atoms with E-state index in [9.17, 15) is 9.59 Å². The van der Waals surface area contributed by atoms with Gasteiger partial charge in [0.25, 0.3) is 0 Å². The highest BCUT2D eigenvalue weighted by atomic mass is 16.5. The summed E-state index contributed by atoms with van der Waals surface area (Å²) in [5, 5.41) is 8.88. The van der Waals surface area contributed by atoms with Crippen LogP contribution in [0.3, 0.4) is 0 Å². The monoisotopic (exact) mass is 256 g/mol. The van der Waals surface area contributed by atoms with Crippen LogP contribution in [0, 0.1) is 0 Å². The Kier molecular flexibility index (Phi) is 3.93. The fraction of sp³-hybridized carbons (Fsp3) is 0.0667. The van der Waals surface area contributed by atoms with E-state index in [1.807, 2.05) is 0 Å². The summed E-state index contributed by atoms with van der Waals surface area (Å²) >= 11 is 0. The van der Waals surface area contributed by atoms with Crippen LogP contribution in [0.25, 0.3) is 0 Å². The maximum absolute atomic E-state index is 10.8. The standard InChI is InChI=1S/C15H12O4/c16-9-11-4-6-14(7-5-11)19-10-12-2-1-3-13(8-12)15(17)18/h1-9H,10H2,(H,17,18). The van der Waals surface area contributed by atoms with E-state index in [0.29, 0.717) is 11.3 Å². The first-order valence-electron chi connectivity index (χ1n) is 5.69. The van der Waals surface area contributed by atoms with Crippen LogP contribution in [0.2, 0.25) is 0 Å². The number of aromatic carboxylic acids is 1. The van der Waals surface area contributed by atoms with Crippen LogP contribution in [0.15, 0.2) is 48.5 Å². The number of carbonyl (C=O) groups is 2. The van der Waals surface area contributed by atoms with Crippen molar-refractivity contribution in [2.75, 3.05) is 0 Å². The second kappa shape index (κ2) is 5.82. The van der Waals surface area contributed by atoms with Gasteiger partial charge in [0.05, 0.1) is 5.56 Å². The summed E-state index contributed by atoms with van der Waals surface area (Å²) in [5.41, 5.74) is 1.59. The van der Waals surface area contributed by atoms with E-state index < -0.39 is 5.97 Å². The van der Waals surface area contributed by atoms with Crippen molar-refractivity contribution in [2.24, 2.45) is 0 Å². The Morgan fingerprint density at radius 1 is 1.16 bits per heavy atom. The molecule has 0 unspecified atom stereocenters. The van der Waals surface area contributed by atoms with Gasteiger partial charge in [-0.15, -0.1) is 0 Å². The van der Waals surface area contributed by atoms with E-state index in [1.54, 1.807) is 42.5 Å². The van der Waals surface area contributed by atoms with Crippen molar-refractivity contribution in [1.29, 1.82) is 0 Å². The topological polar surface area (TPSA) is 63.6 Å². The normalized spacial score (nSPS) is 9.89. The number of hydrogen-bond acceptors (Lipinski definition) is 3. The average Bonchev–Trinajstić information content (AvgIpc) is 2.46. The van der Waals surface area contributed by atoms with Gasteiger partial charge in [-0.05, 0) is 42.0 Å². The number of ether oxygens (including phenoxy) is 1. The molecule has 96 valence electrons. The Bertz CT molecular complexity index is 587. The minimum Gasteiger partial charge on any atom is -0.489 e. The highest BCUT2D eigenvalue weighted by Crippen LogP contribution is 2.14. The van der Waals surface area contributed by atoms with Gasteiger partial charge >= 0.3 is 5.97 Å². The largest absolute Gasteiger partial charge is 0.489 e. The molecule has 0 aliphatic carbocycles. The Hall–Kier alpha value is -2.62. The first-order valence-corrected chi connectivity index (χ1v) is 5.69. The third kappa shape index (κ3) is 3.42. The summed E-state index contributed by atoms with van der Waals surface area (Å²) in [6.07, 6.45) is 0.764. The van der Waals surface area contributed by atoms with Gasteiger partial charge in [-0.25, -0.2) is 4.79 Å². The van der Waals surface area contributed by atoms with Crippen molar-refractivity contribution < 1.29 is 19.4 Å². The van der Waals surface area contributed by atoms with Crippen LogP contribution >= 0.6 is 0 Å². The molecule has 0 aromatic heterocycles. The minimum absolute atomic E-state index is 0.234. The first-order chi connectivity index (χ1) is 9.19. The second-order valence-electron chi connectivity index (χ2n) is 3.98. The number of aldehydes is 1. The van der Waals surface area contributed by atoms with Gasteiger partial charge in [0, 0.05) is 5.56 Å². The summed E-state index contributed by atoms with van der Waals surface area (Å²) in [6, 6.07) is 13.3. The molecule has 19 heavy (non-hydrogen) atoms. The SMILES string of the molecule is O=Cc1ccc(OCc2cccc(C(=O)O)c2)cc1. The number of rotatable bonds is 5. The number of carboxylic acid groups (broad SMARTS) is 1. The van der Waals surface area contributed by atoms with Crippen LogP contribution in [0.4, 0.5) is 0 Å². The number of hydrogen-bond donors (Lipinski definition) is 1. The van der Waals surface area contributed by atoms with Crippen molar-refractivity contribution in [2.45, 2.75) is 6.61 Å². The van der Waals surface area contributed by atoms with Gasteiger partial charge in [-0.3, -0.25) is 4.79 Å². The van der Waals surface area contributed by atoms with Gasteiger partial charge in [-0.1, -0.05) is 12.1 Å². The molecule has 0 atom stereocenters. The summed E-state index contributed by atoms with van der Waals surface area (Å²) in [4.78, 5) is 21.3. The van der Waals surface area contributed by atoms with Crippen molar-refractivity contribution in [1.82, 2.24) is 0 Å². The maximum atomic E-state index is 10.8. The van der Waals surface area contributed by atoms with Crippen molar-refractivity contribution in [3.05, 3.63) is 65.2 Å². The van der Waals surface area contributed by atoms with E-state index in [0.717, 1.165) is 11.8 Å². The van der Waals surface area contributed by atoms with Crippen molar-refractivity contribution >= 4 is 12.3 Å². The molecule has 0 saturated heterocycles. The van der Waals surface area contributed by atoms with Crippen molar-refractivity contribution in [3.8, 4) is 5.75 Å². The molecule has 2 aromatic rings. The molecule has 0 bridgehead atoms. The molecule has 4 nitrogen and oxygen atoms in total. The molecule has 0 fully saturated rings. The van der Waals surface area contributed by atoms with E-state index in [4.69, 9.17) is 9.84 Å². The molecule has 2 aromatic carbocycles. The molecule has 0 saturated carbocycles. The maximum Gasteiger partial charge on any atom is 0.335 e. The van der Waals surface area contributed by atoms with Crippen LogP contribution in [0.5, 0.6) is 5.75 Å². The minimum atomic E-state index is -0.961. The molecular formula is C15H12O4. The summed E-state index contributed by atoms with van der Waals surface area (Å²) in [5.74, 6) is -0.330. The van der Waals surface area contributed by atoms with E-state index in [-0.39, 0.29) is 12.2 Å². The fourth-order valence-corrected chi connectivity index (χ4v) is 1.60. The third-order valence-corrected chi connectivity index (χ3v) is 2.60. The van der Waals surface area contributed by atoms with Gasteiger partial charge in [-0.2, -0.15) is 0 Å². The molecular weight excluding hydrogens is 244 g/mol. The molecule has 0 spiro atoms. The molecule has 0 heterocycles. The summed E-state index contributed by atoms with van der Waals surface area (Å²) in [6.45, 7) is 0.279. The summed E-state index contributed by atoms with van der Waals surface area (Å²) in [7, 11) is 0. The van der Waals surface area contributed by atoms with Crippen LogP contribution in [-0.4, -0.2) is 17.4 Å². The van der Waals surface area contributed by atoms with Gasteiger partial charge in [0.15, 0.2) is 0 Å².